The van der Waals surface area contributed by atoms with Gasteiger partial charge in [0.1, 0.15) is 0 Å². The van der Waals surface area contributed by atoms with Crippen molar-refractivity contribution in [1.29, 1.82) is 0 Å². The molecule has 1 aromatic rings. The molecule has 0 spiro atoms. The van der Waals surface area contributed by atoms with E-state index in [1.54, 1.807) is 24.3 Å². The molecule has 2 rings (SSSR count). The number of hydrogen-bond acceptors (Lipinski definition) is 2. The minimum atomic E-state index is -4.49. The molecular formula is C13H13ClF3NO2. The molecule has 0 aliphatic carbocycles. The van der Waals surface area contributed by atoms with Crippen LogP contribution in [0.25, 0.3) is 0 Å². The molecule has 1 aliphatic heterocycles. The van der Waals surface area contributed by atoms with Crippen molar-refractivity contribution in [2.45, 2.75) is 12.7 Å². The Morgan fingerprint density at radius 3 is 2.35 bits per heavy atom. The van der Waals surface area contributed by atoms with Gasteiger partial charge in [0.2, 0.25) is 0 Å². The van der Waals surface area contributed by atoms with Crippen LogP contribution in [-0.4, -0.2) is 35.2 Å². The van der Waals surface area contributed by atoms with Crippen LogP contribution >= 0.6 is 11.6 Å². The second-order valence-electron chi connectivity index (χ2n) is 4.91. The lowest BCUT2D eigenvalue weighted by atomic mass is 9.96. The fraction of sp³-hybridized carbons (Fsp3) is 0.462. The van der Waals surface area contributed by atoms with Crippen molar-refractivity contribution < 1.29 is 23.1 Å². The van der Waals surface area contributed by atoms with E-state index in [2.05, 4.69) is 0 Å². The lowest BCUT2D eigenvalue weighted by Gasteiger charge is -2.18. The van der Waals surface area contributed by atoms with Gasteiger partial charge in [0, 0.05) is 24.7 Å². The first kappa shape index (κ1) is 15.1. The summed E-state index contributed by atoms with van der Waals surface area (Å²) >= 11 is 5.74. The Labute approximate surface area is 118 Å². The fourth-order valence-electron chi connectivity index (χ4n) is 2.44. The Kier molecular flexibility index (Phi) is 4.25. The Bertz CT molecular complexity index is 489. The number of likely N-dealkylation sites (tertiary alicyclic amines) is 1. The van der Waals surface area contributed by atoms with Crippen molar-refractivity contribution in [1.82, 2.24) is 4.90 Å². The highest BCUT2D eigenvalue weighted by Crippen LogP contribution is 2.38. The molecule has 1 fully saturated rings. The second kappa shape index (κ2) is 5.61. The van der Waals surface area contributed by atoms with Gasteiger partial charge >= 0.3 is 12.1 Å². The van der Waals surface area contributed by atoms with Crippen molar-refractivity contribution in [3.05, 3.63) is 34.9 Å². The molecule has 1 saturated heterocycles. The molecule has 2 atom stereocenters. The van der Waals surface area contributed by atoms with Crippen LogP contribution in [0.15, 0.2) is 24.3 Å². The average Bonchev–Trinajstić information content (AvgIpc) is 2.76. The maximum Gasteiger partial charge on any atom is 0.393 e. The average molecular weight is 308 g/mol. The number of carboxylic acid groups (broad SMARTS) is 1. The van der Waals surface area contributed by atoms with E-state index >= 15 is 0 Å². The van der Waals surface area contributed by atoms with Gasteiger partial charge in [-0.3, -0.25) is 9.69 Å². The number of halogens is 4. The molecule has 1 aliphatic rings. The third-order valence-electron chi connectivity index (χ3n) is 3.45. The summed E-state index contributed by atoms with van der Waals surface area (Å²) in [6.45, 7) is -0.0985. The number of aliphatic carboxylic acids is 1. The van der Waals surface area contributed by atoms with E-state index < -0.39 is 24.0 Å². The molecule has 0 aromatic heterocycles. The summed E-state index contributed by atoms with van der Waals surface area (Å²) in [6, 6.07) is 6.75. The normalized spacial score (nSPS) is 24.0. The summed E-state index contributed by atoms with van der Waals surface area (Å²) in [6.07, 6.45) is -4.49. The van der Waals surface area contributed by atoms with Gasteiger partial charge in [-0.1, -0.05) is 23.7 Å². The first-order valence-corrected chi connectivity index (χ1v) is 6.41. The highest BCUT2D eigenvalue weighted by Gasteiger charge is 2.52. The first-order chi connectivity index (χ1) is 9.27. The highest BCUT2D eigenvalue weighted by molar-refractivity contribution is 6.30. The molecule has 1 aromatic carbocycles. The van der Waals surface area contributed by atoms with Crippen LogP contribution in [0.3, 0.4) is 0 Å². The molecule has 0 amide bonds. The number of nitrogens with zero attached hydrogens (tertiary/aromatic N) is 1. The van der Waals surface area contributed by atoms with Crippen LogP contribution < -0.4 is 0 Å². The predicted molar refractivity (Wildman–Crippen MR) is 67.4 cm³/mol. The molecule has 0 saturated carbocycles. The Hall–Kier alpha value is -1.27. The van der Waals surface area contributed by atoms with Crippen molar-refractivity contribution in [3.63, 3.8) is 0 Å². The minimum absolute atomic E-state index is 0.0951. The summed E-state index contributed by atoms with van der Waals surface area (Å²) in [5.41, 5.74) is 0.807. The van der Waals surface area contributed by atoms with Gasteiger partial charge in [-0.15, -0.1) is 0 Å². The van der Waals surface area contributed by atoms with Crippen LogP contribution in [0.1, 0.15) is 5.56 Å². The fourth-order valence-corrected chi connectivity index (χ4v) is 2.57. The van der Waals surface area contributed by atoms with Gasteiger partial charge in [-0.2, -0.15) is 13.2 Å². The zero-order valence-corrected chi connectivity index (χ0v) is 11.2. The monoisotopic (exact) mass is 307 g/mol. The summed E-state index contributed by atoms with van der Waals surface area (Å²) in [5.74, 6) is -4.61. The Morgan fingerprint density at radius 1 is 1.30 bits per heavy atom. The van der Waals surface area contributed by atoms with E-state index in [1.807, 2.05) is 0 Å². The van der Waals surface area contributed by atoms with E-state index in [9.17, 15) is 18.0 Å². The first-order valence-electron chi connectivity index (χ1n) is 6.03. The molecule has 110 valence electrons. The summed E-state index contributed by atoms with van der Waals surface area (Å²) in [5, 5.41) is 9.47. The molecule has 3 nitrogen and oxygen atoms in total. The van der Waals surface area contributed by atoms with Gasteiger partial charge in [0.15, 0.2) is 0 Å². The summed E-state index contributed by atoms with van der Waals surface area (Å²) in [7, 11) is 0. The number of rotatable bonds is 3. The molecule has 0 radical (unpaired) electrons. The van der Waals surface area contributed by atoms with E-state index in [-0.39, 0.29) is 19.6 Å². The van der Waals surface area contributed by atoms with E-state index in [0.29, 0.717) is 5.02 Å². The zero-order valence-electron chi connectivity index (χ0n) is 10.4. The van der Waals surface area contributed by atoms with Gasteiger partial charge in [-0.05, 0) is 17.7 Å². The second-order valence-corrected chi connectivity index (χ2v) is 5.35. The molecular weight excluding hydrogens is 295 g/mol. The van der Waals surface area contributed by atoms with Gasteiger partial charge in [-0.25, -0.2) is 0 Å². The van der Waals surface area contributed by atoms with E-state index in [4.69, 9.17) is 16.7 Å². The number of alkyl halides is 3. The maximum atomic E-state index is 12.8. The quantitative estimate of drug-likeness (QED) is 0.933. The predicted octanol–water partition coefficient (Wildman–Crippen LogP) is 3.03. The van der Waals surface area contributed by atoms with Crippen LogP contribution in [-0.2, 0) is 11.3 Å². The van der Waals surface area contributed by atoms with Crippen molar-refractivity contribution in [2.75, 3.05) is 13.1 Å². The lowest BCUT2D eigenvalue weighted by molar-refractivity contribution is -0.188. The standard InChI is InChI=1S/C13H13ClF3NO2/c14-9-3-1-8(2-4-9)5-18-6-10(12(19)20)11(7-18)13(15,16)17/h1-4,10-11H,5-7H2,(H,19,20)/t10-,11-/m1/s1. The molecule has 1 N–H and O–H groups in total. The summed E-state index contributed by atoms with van der Waals surface area (Å²) < 4.78 is 38.5. The summed E-state index contributed by atoms with van der Waals surface area (Å²) in [4.78, 5) is 12.5. The molecule has 7 heteroatoms. The van der Waals surface area contributed by atoms with Crippen molar-refractivity contribution in [2.24, 2.45) is 11.8 Å². The molecule has 1 heterocycles. The van der Waals surface area contributed by atoms with Crippen molar-refractivity contribution in [3.8, 4) is 0 Å². The SMILES string of the molecule is O=C(O)[C@@H]1CN(Cc2ccc(Cl)cc2)C[C@H]1C(F)(F)F. The van der Waals surface area contributed by atoms with Crippen LogP contribution in [0.5, 0.6) is 0 Å². The number of carbonyl (C=O) groups is 1. The number of hydrogen-bond donors (Lipinski definition) is 1. The Balaban J connectivity index is 2.08. The highest BCUT2D eigenvalue weighted by atomic mass is 35.5. The van der Waals surface area contributed by atoms with Crippen LogP contribution in [0.4, 0.5) is 13.2 Å². The van der Waals surface area contributed by atoms with E-state index in [1.165, 1.54) is 4.90 Å². The van der Waals surface area contributed by atoms with Crippen molar-refractivity contribution >= 4 is 17.6 Å². The Morgan fingerprint density at radius 2 is 1.90 bits per heavy atom. The van der Waals surface area contributed by atoms with Crippen LogP contribution in [0, 0.1) is 11.8 Å². The third kappa shape index (κ3) is 3.43. The van der Waals surface area contributed by atoms with Gasteiger partial charge in [0.05, 0.1) is 11.8 Å². The third-order valence-corrected chi connectivity index (χ3v) is 3.70. The lowest BCUT2D eigenvalue weighted by Crippen LogP contribution is -2.33. The van der Waals surface area contributed by atoms with Gasteiger partial charge < -0.3 is 5.11 Å². The smallest absolute Gasteiger partial charge is 0.393 e. The topological polar surface area (TPSA) is 40.5 Å². The molecule has 0 unspecified atom stereocenters. The zero-order chi connectivity index (χ0) is 14.9. The number of carboxylic acids is 1. The largest absolute Gasteiger partial charge is 0.481 e. The van der Waals surface area contributed by atoms with Crippen LogP contribution in [0.2, 0.25) is 5.02 Å². The molecule has 20 heavy (non-hydrogen) atoms. The van der Waals surface area contributed by atoms with E-state index in [0.717, 1.165) is 5.56 Å². The maximum absolute atomic E-state index is 12.8. The van der Waals surface area contributed by atoms with Gasteiger partial charge in [0.25, 0.3) is 0 Å². The molecule has 0 bridgehead atoms. The minimum Gasteiger partial charge on any atom is -0.481 e. The number of benzene rings is 1.